The molecule has 0 aliphatic heterocycles. The minimum atomic E-state index is -0.546. The molecule has 0 aliphatic rings. The molecule has 0 aliphatic carbocycles. The minimum absolute atomic E-state index is 0.255. The molecule has 3 heteroatoms. The van der Waals surface area contributed by atoms with E-state index < -0.39 is 6.04 Å². The summed E-state index contributed by atoms with van der Waals surface area (Å²) >= 11 is 0. The molecule has 17 heavy (non-hydrogen) atoms. The third-order valence-corrected chi connectivity index (χ3v) is 2.89. The van der Waals surface area contributed by atoms with Gasteiger partial charge in [-0.1, -0.05) is 25.1 Å². The fourth-order valence-electron chi connectivity index (χ4n) is 1.82. The summed E-state index contributed by atoms with van der Waals surface area (Å²) in [4.78, 5) is 0. The standard InChI is InChI=1S/C14H16FNO/c1-3-10-7-8-12(17-10)14(16)11-6-4-5-9(2)13(11)15/h4-8,14H,3,16H2,1-2H3. The van der Waals surface area contributed by atoms with Gasteiger partial charge in [-0.3, -0.25) is 0 Å². The van der Waals surface area contributed by atoms with Gasteiger partial charge in [-0.2, -0.15) is 0 Å². The van der Waals surface area contributed by atoms with Crippen LogP contribution in [-0.4, -0.2) is 0 Å². The Morgan fingerprint density at radius 1 is 1.29 bits per heavy atom. The van der Waals surface area contributed by atoms with Gasteiger partial charge in [0.1, 0.15) is 17.3 Å². The highest BCUT2D eigenvalue weighted by Gasteiger charge is 2.17. The monoisotopic (exact) mass is 233 g/mol. The van der Waals surface area contributed by atoms with Gasteiger partial charge >= 0.3 is 0 Å². The van der Waals surface area contributed by atoms with E-state index in [0.717, 1.165) is 12.2 Å². The predicted octanol–water partition coefficient (Wildman–Crippen LogP) is 3.34. The molecule has 2 aromatic rings. The van der Waals surface area contributed by atoms with Crippen molar-refractivity contribution in [2.24, 2.45) is 5.73 Å². The third kappa shape index (κ3) is 2.24. The molecule has 90 valence electrons. The molecular weight excluding hydrogens is 217 g/mol. The first-order valence-electron chi connectivity index (χ1n) is 5.72. The van der Waals surface area contributed by atoms with Crippen LogP contribution in [-0.2, 0) is 6.42 Å². The molecule has 0 radical (unpaired) electrons. The number of hydrogen-bond donors (Lipinski definition) is 1. The third-order valence-electron chi connectivity index (χ3n) is 2.89. The number of aryl methyl sites for hydroxylation is 2. The Morgan fingerprint density at radius 3 is 2.71 bits per heavy atom. The van der Waals surface area contributed by atoms with Gasteiger partial charge in [-0.15, -0.1) is 0 Å². The van der Waals surface area contributed by atoms with E-state index in [1.54, 1.807) is 25.1 Å². The SMILES string of the molecule is CCc1ccc(C(N)c2cccc(C)c2F)o1. The zero-order chi connectivity index (χ0) is 12.4. The summed E-state index contributed by atoms with van der Waals surface area (Å²) in [5.41, 5.74) is 7.09. The van der Waals surface area contributed by atoms with Crippen molar-refractivity contribution in [3.8, 4) is 0 Å². The highest BCUT2D eigenvalue weighted by molar-refractivity contribution is 5.32. The first kappa shape index (κ1) is 11.9. The van der Waals surface area contributed by atoms with Crippen molar-refractivity contribution in [1.82, 2.24) is 0 Å². The second kappa shape index (κ2) is 4.72. The van der Waals surface area contributed by atoms with Crippen molar-refractivity contribution in [3.63, 3.8) is 0 Å². The molecule has 0 bridgehead atoms. The Kier molecular flexibility index (Phi) is 3.29. The number of rotatable bonds is 3. The fraction of sp³-hybridized carbons (Fsp3) is 0.286. The van der Waals surface area contributed by atoms with Gasteiger partial charge in [0.25, 0.3) is 0 Å². The summed E-state index contributed by atoms with van der Waals surface area (Å²) in [6.45, 7) is 3.73. The molecule has 2 nitrogen and oxygen atoms in total. The molecule has 1 heterocycles. The normalized spacial score (nSPS) is 12.7. The number of halogens is 1. The second-order valence-electron chi connectivity index (χ2n) is 4.11. The average Bonchev–Trinajstić information content (AvgIpc) is 2.80. The molecule has 2 N–H and O–H groups in total. The molecular formula is C14H16FNO. The van der Waals surface area contributed by atoms with E-state index in [0.29, 0.717) is 16.9 Å². The van der Waals surface area contributed by atoms with E-state index in [4.69, 9.17) is 10.2 Å². The van der Waals surface area contributed by atoms with Crippen LogP contribution in [0.3, 0.4) is 0 Å². The first-order valence-corrected chi connectivity index (χ1v) is 5.72. The Labute approximate surface area is 100 Å². The summed E-state index contributed by atoms with van der Waals surface area (Å²) in [5, 5.41) is 0. The van der Waals surface area contributed by atoms with Crippen molar-refractivity contribution in [1.29, 1.82) is 0 Å². The van der Waals surface area contributed by atoms with Gasteiger partial charge in [-0.25, -0.2) is 4.39 Å². The zero-order valence-corrected chi connectivity index (χ0v) is 10.0. The molecule has 2 rings (SSSR count). The van der Waals surface area contributed by atoms with Crippen molar-refractivity contribution in [2.45, 2.75) is 26.3 Å². The summed E-state index contributed by atoms with van der Waals surface area (Å²) < 4.78 is 19.5. The van der Waals surface area contributed by atoms with E-state index in [9.17, 15) is 4.39 Å². The summed E-state index contributed by atoms with van der Waals surface area (Å²) in [7, 11) is 0. The van der Waals surface area contributed by atoms with E-state index in [2.05, 4.69) is 0 Å². The lowest BCUT2D eigenvalue weighted by molar-refractivity contribution is 0.447. The summed E-state index contributed by atoms with van der Waals surface area (Å²) in [6.07, 6.45) is 0.809. The van der Waals surface area contributed by atoms with Crippen molar-refractivity contribution in [3.05, 3.63) is 58.8 Å². The molecule has 0 spiro atoms. The van der Waals surface area contributed by atoms with Crippen LogP contribution in [0.2, 0.25) is 0 Å². The van der Waals surface area contributed by atoms with Crippen LogP contribution in [0.25, 0.3) is 0 Å². The molecule has 0 saturated heterocycles. The van der Waals surface area contributed by atoms with E-state index in [1.165, 1.54) is 0 Å². The quantitative estimate of drug-likeness (QED) is 0.883. The van der Waals surface area contributed by atoms with Gasteiger partial charge in [-0.05, 0) is 24.6 Å². The molecule has 1 unspecified atom stereocenters. The van der Waals surface area contributed by atoms with Gasteiger partial charge < -0.3 is 10.2 Å². The summed E-state index contributed by atoms with van der Waals surface area (Å²) in [5.74, 6) is 1.21. The fourth-order valence-corrected chi connectivity index (χ4v) is 1.82. The van der Waals surface area contributed by atoms with Gasteiger partial charge in [0.2, 0.25) is 0 Å². The van der Waals surface area contributed by atoms with Crippen molar-refractivity contribution >= 4 is 0 Å². The topological polar surface area (TPSA) is 39.2 Å². The number of furan rings is 1. The van der Waals surface area contributed by atoms with Crippen LogP contribution in [0.1, 0.15) is 35.6 Å². The predicted molar refractivity (Wildman–Crippen MR) is 65.3 cm³/mol. The van der Waals surface area contributed by atoms with Crippen LogP contribution in [0.4, 0.5) is 4.39 Å². The zero-order valence-electron chi connectivity index (χ0n) is 10.0. The lowest BCUT2D eigenvalue weighted by atomic mass is 10.0. The Hall–Kier alpha value is -1.61. The Balaban J connectivity index is 2.36. The maximum Gasteiger partial charge on any atom is 0.131 e. The molecule has 1 atom stereocenters. The van der Waals surface area contributed by atoms with Gasteiger partial charge in [0.15, 0.2) is 0 Å². The van der Waals surface area contributed by atoms with Crippen LogP contribution >= 0.6 is 0 Å². The van der Waals surface area contributed by atoms with Crippen molar-refractivity contribution < 1.29 is 8.81 Å². The molecule has 0 saturated carbocycles. The van der Waals surface area contributed by atoms with Gasteiger partial charge in [0.05, 0.1) is 6.04 Å². The lowest BCUT2D eigenvalue weighted by Gasteiger charge is -2.11. The maximum atomic E-state index is 13.9. The van der Waals surface area contributed by atoms with Crippen LogP contribution in [0.15, 0.2) is 34.7 Å². The second-order valence-corrected chi connectivity index (χ2v) is 4.11. The van der Waals surface area contributed by atoms with Crippen molar-refractivity contribution in [2.75, 3.05) is 0 Å². The Bertz CT molecular complexity index is 519. The smallest absolute Gasteiger partial charge is 0.131 e. The number of benzene rings is 1. The average molecular weight is 233 g/mol. The number of hydrogen-bond acceptors (Lipinski definition) is 2. The van der Waals surface area contributed by atoms with E-state index in [1.807, 2.05) is 19.1 Å². The molecule has 1 aromatic heterocycles. The molecule has 0 amide bonds. The van der Waals surface area contributed by atoms with Gasteiger partial charge in [0, 0.05) is 12.0 Å². The van der Waals surface area contributed by atoms with E-state index in [-0.39, 0.29) is 5.82 Å². The molecule has 1 aromatic carbocycles. The highest BCUT2D eigenvalue weighted by atomic mass is 19.1. The minimum Gasteiger partial charge on any atom is -0.464 e. The van der Waals surface area contributed by atoms with E-state index >= 15 is 0 Å². The van der Waals surface area contributed by atoms with Crippen LogP contribution in [0, 0.1) is 12.7 Å². The molecule has 0 fully saturated rings. The lowest BCUT2D eigenvalue weighted by Crippen LogP contribution is -2.13. The highest BCUT2D eigenvalue weighted by Crippen LogP contribution is 2.25. The first-order chi connectivity index (χ1) is 8.13. The largest absolute Gasteiger partial charge is 0.464 e. The number of nitrogens with two attached hydrogens (primary N) is 1. The van der Waals surface area contributed by atoms with Crippen LogP contribution in [0.5, 0.6) is 0 Å². The summed E-state index contributed by atoms with van der Waals surface area (Å²) in [6, 6.07) is 8.37. The Morgan fingerprint density at radius 2 is 2.06 bits per heavy atom. The maximum absolute atomic E-state index is 13.9. The van der Waals surface area contributed by atoms with Crippen LogP contribution < -0.4 is 5.73 Å².